The Morgan fingerprint density at radius 1 is 0.968 bits per heavy atom. The van der Waals surface area contributed by atoms with Crippen LogP contribution in [0.4, 0.5) is 0 Å². The van der Waals surface area contributed by atoms with Crippen molar-refractivity contribution < 1.29 is 13.9 Å². The molecule has 0 N–H and O–H groups in total. The Morgan fingerprint density at radius 2 is 1.65 bits per heavy atom. The summed E-state index contributed by atoms with van der Waals surface area (Å²) >= 11 is 6.01. The van der Waals surface area contributed by atoms with Crippen LogP contribution < -0.4 is 10.2 Å². The summed E-state index contributed by atoms with van der Waals surface area (Å²) in [5, 5.41) is 0.937. The number of esters is 1. The van der Waals surface area contributed by atoms with Crippen molar-refractivity contribution >= 4 is 28.5 Å². The Kier molecular flexibility index (Phi) is 5.92. The maximum absolute atomic E-state index is 13.3. The van der Waals surface area contributed by atoms with Gasteiger partial charge in [-0.1, -0.05) is 41.9 Å². The van der Waals surface area contributed by atoms with Crippen LogP contribution in [-0.2, 0) is 11.2 Å². The molecular weight excluding hydrogens is 412 g/mol. The second kappa shape index (κ2) is 8.78. The number of aryl methyl sites for hydroxylation is 3. The van der Waals surface area contributed by atoms with E-state index in [1.165, 1.54) is 0 Å². The highest BCUT2D eigenvalue weighted by Crippen LogP contribution is 2.32. The van der Waals surface area contributed by atoms with E-state index in [0.29, 0.717) is 28.0 Å². The minimum absolute atomic E-state index is 0.101. The van der Waals surface area contributed by atoms with Crippen LogP contribution in [0, 0.1) is 13.8 Å². The second-order valence-corrected chi connectivity index (χ2v) is 7.93. The molecule has 0 aliphatic heterocycles. The van der Waals surface area contributed by atoms with Gasteiger partial charge >= 0.3 is 5.97 Å². The van der Waals surface area contributed by atoms with Gasteiger partial charge in [-0.05, 0) is 73.4 Å². The van der Waals surface area contributed by atoms with Crippen LogP contribution in [-0.4, -0.2) is 5.97 Å². The molecule has 156 valence electrons. The fraction of sp³-hybridized carbons (Fsp3) is 0.154. The van der Waals surface area contributed by atoms with E-state index in [1.54, 1.807) is 30.3 Å². The number of halogens is 1. The Balaban J connectivity index is 1.76. The molecule has 0 unspecified atom stereocenters. The summed E-state index contributed by atoms with van der Waals surface area (Å²) in [7, 11) is 0. The predicted octanol–water partition coefficient (Wildman–Crippen LogP) is 6.27. The van der Waals surface area contributed by atoms with Crippen LogP contribution in [0.25, 0.3) is 22.3 Å². The quantitative estimate of drug-likeness (QED) is 0.349. The van der Waals surface area contributed by atoms with Gasteiger partial charge in [-0.25, -0.2) is 0 Å². The minimum atomic E-state index is -0.491. The molecule has 0 atom stereocenters. The van der Waals surface area contributed by atoms with Gasteiger partial charge in [0.2, 0.25) is 11.2 Å². The molecule has 0 bridgehead atoms. The van der Waals surface area contributed by atoms with E-state index in [9.17, 15) is 9.59 Å². The van der Waals surface area contributed by atoms with E-state index in [2.05, 4.69) is 0 Å². The molecule has 0 fully saturated rings. The van der Waals surface area contributed by atoms with Crippen molar-refractivity contribution in [2.45, 2.75) is 26.7 Å². The predicted molar refractivity (Wildman–Crippen MR) is 123 cm³/mol. The third-order valence-electron chi connectivity index (χ3n) is 5.25. The molecule has 0 radical (unpaired) electrons. The number of hydrogen-bond donors (Lipinski definition) is 0. The monoisotopic (exact) mass is 432 g/mol. The van der Waals surface area contributed by atoms with Crippen molar-refractivity contribution in [1.29, 1.82) is 0 Å². The van der Waals surface area contributed by atoms with Crippen molar-refractivity contribution in [3.8, 4) is 17.1 Å². The molecule has 0 spiro atoms. The van der Waals surface area contributed by atoms with E-state index in [1.807, 2.05) is 50.2 Å². The number of rotatable bonds is 5. The topological polar surface area (TPSA) is 56.5 Å². The normalized spacial score (nSPS) is 10.9. The van der Waals surface area contributed by atoms with E-state index >= 15 is 0 Å². The Hall–Kier alpha value is -3.37. The molecule has 0 saturated carbocycles. The lowest BCUT2D eigenvalue weighted by Crippen LogP contribution is -2.16. The number of carbonyl (C=O) groups excluding carboxylic acids is 1. The highest BCUT2D eigenvalue weighted by atomic mass is 35.5. The van der Waals surface area contributed by atoms with Crippen LogP contribution in [0.1, 0.15) is 23.1 Å². The molecule has 1 aromatic heterocycles. The number of benzene rings is 3. The zero-order valence-corrected chi connectivity index (χ0v) is 18.0. The summed E-state index contributed by atoms with van der Waals surface area (Å²) in [6, 6.07) is 20.1. The van der Waals surface area contributed by atoms with Crippen LogP contribution in [0.5, 0.6) is 5.75 Å². The largest absolute Gasteiger partial charge is 0.452 e. The summed E-state index contributed by atoms with van der Waals surface area (Å²) in [4.78, 5) is 25.9. The zero-order valence-electron chi connectivity index (χ0n) is 17.3. The summed E-state index contributed by atoms with van der Waals surface area (Å²) in [6.45, 7) is 3.88. The van der Waals surface area contributed by atoms with Gasteiger partial charge in [-0.3, -0.25) is 9.59 Å². The lowest BCUT2D eigenvalue weighted by molar-refractivity contribution is -0.134. The van der Waals surface area contributed by atoms with E-state index in [-0.39, 0.29) is 23.4 Å². The fourth-order valence-corrected chi connectivity index (χ4v) is 3.50. The third kappa shape index (κ3) is 4.54. The van der Waals surface area contributed by atoms with Crippen molar-refractivity contribution in [2.75, 3.05) is 0 Å². The molecule has 4 nitrogen and oxygen atoms in total. The number of carbonyl (C=O) groups is 1. The molecule has 0 aliphatic carbocycles. The average molecular weight is 433 g/mol. The summed E-state index contributed by atoms with van der Waals surface area (Å²) in [5.74, 6) is -0.379. The van der Waals surface area contributed by atoms with Crippen LogP contribution in [0.2, 0.25) is 5.02 Å². The number of ether oxygens (including phenoxy) is 1. The van der Waals surface area contributed by atoms with Crippen LogP contribution >= 0.6 is 11.6 Å². The highest BCUT2D eigenvalue weighted by Gasteiger charge is 2.21. The molecule has 3 aromatic carbocycles. The average Bonchev–Trinajstić information content (AvgIpc) is 2.77. The van der Waals surface area contributed by atoms with Gasteiger partial charge in [0.25, 0.3) is 0 Å². The Labute approximate surface area is 185 Å². The first-order valence-electron chi connectivity index (χ1n) is 10.0. The van der Waals surface area contributed by atoms with E-state index < -0.39 is 5.97 Å². The molecule has 1 heterocycles. The molecule has 5 heteroatoms. The zero-order chi connectivity index (χ0) is 22.0. The molecule has 4 rings (SSSR count). The van der Waals surface area contributed by atoms with Crippen molar-refractivity contribution in [1.82, 2.24) is 0 Å². The SMILES string of the molecule is Cc1cc2oc(-c3ccc(Cl)cc3)c(OC(=O)CCc3ccccc3)c(=O)c2cc1C. The first-order chi connectivity index (χ1) is 14.9. The van der Waals surface area contributed by atoms with Crippen molar-refractivity contribution in [3.63, 3.8) is 0 Å². The van der Waals surface area contributed by atoms with Gasteiger partial charge in [-0.15, -0.1) is 0 Å². The standard InChI is InChI=1S/C26H21ClO4/c1-16-14-21-22(15-17(16)2)30-25(19-9-11-20(27)12-10-19)26(24(21)29)31-23(28)13-8-18-6-4-3-5-7-18/h3-7,9-12,14-15H,8,13H2,1-2H3. The van der Waals surface area contributed by atoms with Crippen LogP contribution in [0.15, 0.2) is 75.9 Å². The smallest absolute Gasteiger partial charge is 0.311 e. The molecule has 31 heavy (non-hydrogen) atoms. The highest BCUT2D eigenvalue weighted by molar-refractivity contribution is 6.30. The Bertz CT molecular complexity index is 1310. The van der Waals surface area contributed by atoms with Gasteiger partial charge in [0, 0.05) is 17.0 Å². The number of fused-ring (bicyclic) bond motifs is 1. The maximum Gasteiger partial charge on any atom is 0.311 e. The van der Waals surface area contributed by atoms with Gasteiger partial charge in [-0.2, -0.15) is 0 Å². The summed E-state index contributed by atoms with van der Waals surface area (Å²) in [5.41, 5.74) is 3.66. The second-order valence-electron chi connectivity index (χ2n) is 7.49. The first kappa shape index (κ1) is 20.9. The van der Waals surface area contributed by atoms with Gasteiger partial charge in [0.15, 0.2) is 5.76 Å². The van der Waals surface area contributed by atoms with Gasteiger partial charge < -0.3 is 9.15 Å². The lowest BCUT2D eigenvalue weighted by Gasteiger charge is -2.12. The maximum atomic E-state index is 13.3. The molecule has 4 aromatic rings. The molecule has 0 saturated heterocycles. The third-order valence-corrected chi connectivity index (χ3v) is 5.50. The number of hydrogen-bond acceptors (Lipinski definition) is 4. The fourth-order valence-electron chi connectivity index (χ4n) is 3.37. The van der Waals surface area contributed by atoms with Crippen molar-refractivity contribution in [2.24, 2.45) is 0 Å². The molecular formula is C26H21ClO4. The summed E-state index contributed by atoms with van der Waals surface area (Å²) in [6.07, 6.45) is 0.668. The minimum Gasteiger partial charge on any atom is -0.452 e. The van der Waals surface area contributed by atoms with Crippen LogP contribution in [0.3, 0.4) is 0 Å². The lowest BCUT2D eigenvalue weighted by atomic mass is 10.0. The van der Waals surface area contributed by atoms with Gasteiger partial charge in [0.1, 0.15) is 5.58 Å². The van der Waals surface area contributed by atoms with E-state index in [4.69, 9.17) is 20.8 Å². The van der Waals surface area contributed by atoms with Gasteiger partial charge in [0.05, 0.1) is 5.39 Å². The Morgan fingerprint density at radius 3 is 2.35 bits per heavy atom. The summed E-state index contributed by atoms with van der Waals surface area (Å²) < 4.78 is 11.7. The van der Waals surface area contributed by atoms with E-state index in [0.717, 1.165) is 16.7 Å². The first-order valence-corrected chi connectivity index (χ1v) is 10.4. The van der Waals surface area contributed by atoms with Crippen molar-refractivity contribution in [3.05, 3.63) is 98.7 Å². The molecule has 0 amide bonds. The molecule has 0 aliphatic rings.